The molecule has 2 aromatic heterocycles. The number of rotatable bonds is 10. The van der Waals surface area contributed by atoms with E-state index < -0.39 is 14.2 Å². The van der Waals surface area contributed by atoms with Crippen LogP contribution >= 0.6 is 23.2 Å². The Kier molecular flexibility index (Phi) is 10.7. The van der Waals surface area contributed by atoms with E-state index in [1.807, 2.05) is 6.92 Å². The van der Waals surface area contributed by atoms with Crippen molar-refractivity contribution in [3.8, 4) is 5.88 Å². The Morgan fingerprint density at radius 3 is 2.23 bits per heavy atom. The van der Waals surface area contributed by atoms with E-state index in [9.17, 15) is 9.59 Å². The van der Waals surface area contributed by atoms with E-state index >= 15 is 0 Å². The monoisotopic (exact) mass is 596 g/mol. The molecule has 1 fully saturated rings. The third-order valence-corrected chi connectivity index (χ3v) is 12.5. The van der Waals surface area contributed by atoms with Crippen molar-refractivity contribution in [1.29, 1.82) is 0 Å². The Morgan fingerprint density at radius 2 is 1.69 bits per heavy atom. The number of hydrogen-bond acceptors (Lipinski definition) is 8. The highest BCUT2D eigenvalue weighted by molar-refractivity contribution is 6.74. The van der Waals surface area contributed by atoms with Crippen molar-refractivity contribution in [1.82, 2.24) is 15.0 Å². The van der Waals surface area contributed by atoms with Crippen molar-refractivity contribution in [2.45, 2.75) is 77.6 Å². The summed E-state index contributed by atoms with van der Waals surface area (Å²) in [5, 5.41) is -0.0270. The first-order chi connectivity index (χ1) is 18.3. The maximum Gasteiger partial charge on any atom is 0.308 e. The van der Waals surface area contributed by atoms with Crippen LogP contribution in [0.2, 0.25) is 28.4 Å². The van der Waals surface area contributed by atoms with Crippen molar-refractivity contribution < 1.29 is 23.5 Å². The van der Waals surface area contributed by atoms with Crippen LogP contribution in [0.5, 0.6) is 5.88 Å². The standard InChI is InChI=1S/C27H38Cl2N4O5Si/c1-7-36-26(35)18-8-11-20(12-9-18)38-21-13-10-19(16-30-21)33(14-15-37-39(5,6)27(2,3)4)25(34)22-23(28)31-17-32-24(22)29/h10,13,16-18,20H,7-9,11-12,14-15H2,1-6H3. The van der Waals surface area contributed by atoms with Gasteiger partial charge in [-0.15, -0.1) is 0 Å². The predicted molar refractivity (Wildman–Crippen MR) is 154 cm³/mol. The predicted octanol–water partition coefficient (Wildman–Crippen LogP) is 6.35. The van der Waals surface area contributed by atoms with Crippen LogP contribution in [-0.4, -0.2) is 61.0 Å². The summed E-state index contributed by atoms with van der Waals surface area (Å²) < 4.78 is 17.5. The Bertz CT molecular complexity index is 1120. The van der Waals surface area contributed by atoms with Gasteiger partial charge in [0.2, 0.25) is 5.88 Å². The first kappa shape index (κ1) is 31.3. The number of amides is 1. The molecule has 1 saturated carbocycles. The lowest BCUT2D eigenvalue weighted by Crippen LogP contribution is -2.43. The summed E-state index contributed by atoms with van der Waals surface area (Å²) in [4.78, 5) is 39.4. The molecule has 0 aromatic carbocycles. The fourth-order valence-electron chi connectivity index (χ4n) is 4.06. The first-order valence-electron chi connectivity index (χ1n) is 13.2. The summed E-state index contributed by atoms with van der Waals surface area (Å²) >= 11 is 12.5. The zero-order valence-corrected chi connectivity index (χ0v) is 26.0. The summed E-state index contributed by atoms with van der Waals surface area (Å²) in [6.45, 7) is 13.6. The maximum atomic E-state index is 13.6. The van der Waals surface area contributed by atoms with E-state index in [0.717, 1.165) is 25.7 Å². The lowest BCUT2D eigenvalue weighted by molar-refractivity contribution is -0.149. The van der Waals surface area contributed by atoms with Crippen molar-refractivity contribution in [2.75, 3.05) is 24.7 Å². The molecule has 0 spiro atoms. The Morgan fingerprint density at radius 1 is 1.05 bits per heavy atom. The van der Waals surface area contributed by atoms with E-state index in [1.165, 1.54) is 11.2 Å². The second kappa shape index (κ2) is 13.4. The van der Waals surface area contributed by atoms with Gasteiger partial charge in [-0.05, 0) is 56.8 Å². The molecule has 39 heavy (non-hydrogen) atoms. The highest BCUT2D eigenvalue weighted by Gasteiger charge is 2.37. The lowest BCUT2D eigenvalue weighted by atomic mass is 9.87. The number of esters is 1. The molecule has 9 nitrogen and oxygen atoms in total. The Hall–Kier alpha value is -2.27. The van der Waals surface area contributed by atoms with Gasteiger partial charge in [0.15, 0.2) is 8.32 Å². The molecule has 2 heterocycles. The van der Waals surface area contributed by atoms with E-state index in [2.05, 4.69) is 48.8 Å². The summed E-state index contributed by atoms with van der Waals surface area (Å²) in [6.07, 6.45) is 5.68. The molecule has 214 valence electrons. The molecule has 1 amide bonds. The molecular formula is C27H38Cl2N4O5Si. The van der Waals surface area contributed by atoms with Gasteiger partial charge in [-0.3, -0.25) is 9.59 Å². The topological polar surface area (TPSA) is 104 Å². The van der Waals surface area contributed by atoms with Crippen LogP contribution in [-0.2, 0) is 14.0 Å². The minimum Gasteiger partial charge on any atom is -0.474 e. The number of carbonyl (C=O) groups is 2. The molecule has 2 aromatic rings. The van der Waals surface area contributed by atoms with Crippen LogP contribution in [0.25, 0.3) is 0 Å². The quantitative estimate of drug-likeness (QED) is 0.177. The molecule has 0 atom stereocenters. The first-order valence-corrected chi connectivity index (χ1v) is 16.9. The number of aromatic nitrogens is 3. The second-order valence-corrected chi connectivity index (χ2v) is 16.6. The maximum absolute atomic E-state index is 13.6. The van der Waals surface area contributed by atoms with Gasteiger partial charge < -0.3 is 18.8 Å². The van der Waals surface area contributed by atoms with Crippen LogP contribution in [0.15, 0.2) is 24.7 Å². The van der Waals surface area contributed by atoms with Crippen molar-refractivity contribution >= 4 is 49.1 Å². The summed E-state index contributed by atoms with van der Waals surface area (Å²) in [5.41, 5.74) is 0.556. The van der Waals surface area contributed by atoms with Crippen molar-refractivity contribution in [3.63, 3.8) is 0 Å². The number of hydrogen-bond donors (Lipinski definition) is 0. The summed E-state index contributed by atoms with van der Waals surface area (Å²) in [7, 11) is -2.04. The van der Waals surface area contributed by atoms with Gasteiger partial charge in [0.25, 0.3) is 5.91 Å². The third-order valence-electron chi connectivity index (χ3n) is 7.41. The SMILES string of the molecule is CCOC(=O)C1CCC(Oc2ccc(N(CCO[Si](C)(C)C(C)(C)C)C(=O)c3c(Cl)ncnc3Cl)cn2)CC1. The van der Waals surface area contributed by atoms with Crippen LogP contribution in [0.4, 0.5) is 5.69 Å². The van der Waals surface area contributed by atoms with E-state index in [-0.39, 0.29) is 45.4 Å². The Labute approximate surface area is 241 Å². The number of anilines is 1. The number of ether oxygens (including phenoxy) is 2. The largest absolute Gasteiger partial charge is 0.474 e. The lowest BCUT2D eigenvalue weighted by Gasteiger charge is -2.36. The normalized spacial score (nSPS) is 17.9. The molecule has 0 radical (unpaired) electrons. The van der Waals surface area contributed by atoms with Crippen LogP contribution in [0, 0.1) is 5.92 Å². The van der Waals surface area contributed by atoms with E-state index in [0.29, 0.717) is 24.8 Å². The minimum absolute atomic E-state index is 0.0202. The van der Waals surface area contributed by atoms with Crippen molar-refractivity contribution in [3.05, 3.63) is 40.5 Å². The molecule has 0 bridgehead atoms. The molecule has 1 aliphatic rings. The molecule has 1 aliphatic carbocycles. The number of halogens is 2. The molecule has 3 rings (SSSR count). The minimum atomic E-state index is -2.04. The third kappa shape index (κ3) is 8.12. The molecule has 12 heteroatoms. The number of pyridine rings is 1. The van der Waals surface area contributed by atoms with Crippen molar-refractivity contribution in [2.24, 2.45) is 5.92 Å². The molecule has 0 N–H and O–H groups in total. The van der Waals surface area contributed by atoms with Gasteiger partial charge in [-0.25, -0.2) is 15.0 Å². The highest BCUT2D eigenvalue weighted by atomic mass is 35.5. The van der Waals surface area contributed by atoms with Crippen LogP contribution < -0.4 is 9.64 Å². The van der Waals surface area contributed by atoms with Gasteiger partial charge in [0.05, 0.1) is 31.0 Å². The molecule has 0 saturated heterocycles. The fraction of sp³-hybridized carbons (Fsp3) is 0.593. The zero-order valence-electron chi connectivity index (χ0n) is 23.5. The molecule has 0 aliphatic heterocycles. The highest BCUT2D eigenvalue weighted by Crippen LogP contribution is 2.36. The number of nitrogens with zero attached hydrogens (tertiary/aromatic N) is 4. The molecule has 0 unspecified atom stereocenters. The van der Waals surface area contributed by atoms with Crippen LogP contribution in [0.3, 0.4) is 0 Å². The zero-order chi connectivity index (χ0) is 28.8. The van der Waals surface area contributed by atoms with E-state index in [4.69, 9.17) is 37.1 Å². The van der Waals surface area contributed by atoms with Gasteiger partial charge in [-0.2, -0.15) is 0 Å². The smallest absolute Gasteiger partial charge is 0.308 e. The van der Waals surface area contributed by atoms with Gasteiger partial charge >= 0.3 is 5.97 Å². The van der Waals surface area contributed by atoms with E-state index in [1.54, 1.807) is 18.3 Å². The molecular weight excluding hydrogens is 559 g/mol. The average molecular weight is 598 g/mol. The van der Waals surface area contributed by atoms with Gasteiger partial charge in [0, 0.05) is 12.6 Å². The summed E-state index contributed by atoms with van der Waals surface area (Å²) in [5.74, 6) is -0.210. The average Bonchev–Trinajstić information content (AvgIpc) is 2.87. The van der Waals surface area contributed by atoms with Gasteiger partial charge in [-0.1, -0.05) is 44.0 Å². The summed E-state index contributed by atoms with van der Waals surface area (Å²) in [6, 6.07) is 3.49. The second-order valence-electron chi connectivity index (χ2n) is 11.1. The van der Waals surface area contributed by atoms with Crippen LogP contribution in [0.1, 0.15) is 63.7 Å². The number of carbonyl (C=O) groups excluding carboxylic acids is 2. The van der Waals surface area contributed by atoms with Gasteiger partial charge in [0.1, 0.15) is 28.3 Å². The fourth-order valence-corrected chi connectivity index (χ4v) is 5.57. The Balaban J connectivity index is 1.73.